The maximum absolute atomic E-state index is 13.1. The lowest BCUT2D eigenvalue weighted by molar-refractivity contribution is -0.385. The van der Waals surface area contributed by atoms with Crippen LogP contribution >= 0.6 is 80.0 Å². The van der Waals surface area contributed by atoms with E-state index in [-0.39, 0.29) is 72.1 Å². The number of hydrogen-bond acceptors (Lipinski definition) is 29. The van der Waals surface area contributed by atoms with Crippen molar-refractivity contribution in [1.29, 1.82) is 0 Å². The first-order valence-corrected chi connectivity index (χ1v) is 50.6. The fraction of sp³-hybridized carbons (Fsp3) is 0.340. The zero-order chi connectivity index (χ0) is 103. The van der Waals surface area contributed by atoms with Gasteiger partial charge in [-0.25, -0.2) is 38.7 Å². The molecular weight excluding hydrogens is 2040 g/mol. The highest BCUT2D eigenvalue weighted by Gasteiger charge is 2.45. The number of thiazole rings is 2. The molecule has 6 aliphatic rings. The van der Waals surface area contributed by atoms with E-state index in [0.29, 0.717) is 147 Å². The average molecular weight is 2150 g/mol. The van der Waals surface area contributed by atoms with Crippen molar-refractivity contribution in [3.63, 3.8) is 0 Å². The molecule has 12 heterocycles. The molecule has 0 fully saturated rings. The number of benzene rings is 6. The second-order valence-electron chi connectivity index (χ2n) is 33.7. The van der Waals surface area contributed by atoms with Gasteiger partial charge in [-0.15, -0.1) is 22.7 Å². The molecule has 34 nitrogen and oxygen atoms in total. The largest absolute Gasteiger partial charge is 0.464 e. The van der Waals surface area contributed by atoms with Crippen LogP contribution in [0.25, 0.3) is 11.4 Å². The number of amides is 4. The summed E-state index contributed by atoms with van der Waals surface area (Å²) in [5.41, 5.74) is 15.5. The van der Waals surface area contributed by atoms with Crippen LogP contribution in [0, 0.1) is 27.5 Å². The topological polar surface area (TPSA) is 381 Å². The lowest BCUT2D eigenvalue weighted by atomic mass is 9.93. The highest BCUT2D eigenvalue weighted by atomic mass is 127. The van der Waals surface area contributed by atoms with Crippen LogP contribution in [-0.2, 0) is 156 Å². The van der Waals surface area contributed by atoms with E-state index in [0.717, 1.165) is 69.1 Å². The van der Waals surface area contributed by atoms with Gasteiger partial charge in [-0.05, 0) is 156 Å². The Morgan fingerprint density at radius 1 is 0.427 bits per heavy atom. The Morgan fingerprint density at radius 3 is 1.05 bits per heavy atom. The molecule has 6 unspecified atom stereocenters. The summed E-state index contributed by atoms with van der Waals surface area (Å²) in [5.74, 6) is -3.38. The van der Waals surface area contributed by atoms with Crippen molar-refractivity contribution < 1.29 is 81.3 Å². The second kappa shape index (κ2) is 49.3. The van der Waals surface area contributed by atoms with Crippen molar-refractivity contribution in [2.45, 2.75) is 169 Å². The average Bonchev–Trinajstić information content (AvgIpc) is 1.78. The Hall–Kier alpha value is -13.7. The molecule has 6 aliphatic heterocycles. The first-order valence-electron chi connectivity index (χ1n) is 46.3. The van der Waals surface area contributed by atoms with E-state index in [4.69, 9.17) is 51.6 Å². The monoisotopic (exact) mass is 2150 g/mol. The predicted molar refractivity (Wildman–Crippen MR) is 547 cm³/mol. The number of carbonyl (C=O) groups is 10. The van der Waals surface area contributed by atoms with E-state index in [1.807, 2.05) is 164 Å². The Labute approximate surface area is 862 Å². The van der Waals surface area contributed by atoms with Crippen molar-refractivity contribution in [1.82, 2.24) is 73.1 Å². The van der Waals surface area contributed by atoms with Crippen LogP contribution in [0.2, 0.25) is 10.0 Å². The zero-order valence-corrected chi connectivity index (χ0v) is 86.9. The van der Waals surface area contributed by atoms with Crippen LogP contribution in [0.1, 0.15) is 170 Å². The molecule has 18 rings (SSSR count). The van der Waals surface area contributed by atoms with Crippen LogP contribution < -0.4 is 0 Å². The molecule has 143 heavy (non-hydrogen) atoms. The standard InChI is InChI=1S/C18H20ClN3O2.C17H17ClN2O2S.C17H18IN3O3.C17H18N4O5.2C17H18N2O3S/c1-4-24-18(23)16-9-13-7-5-6-8-14(13)10-22(16)12(2)17-15(19)11-21(3)20-17;1-3-22-17(21)15-8-12-6-4-5-7-13(12)10-20(15)11(2)16-14(18)9-19-23-16;1-3-24-17(23)14-8-11-6-4-5-7-12(11)10-21(14)16(22)15-13(18)9-19-20(15)2;1-3-26-17(23)13-8-11-6-4-5-7-12(11)9-20(13)16(22)15-14(21(24)25)10-19(2)18-15;1-3-22-17(21)14-8-12-6-4-5-7-13(12)9-19(14)16(20)15-18-11(2)10-23-15;1-3-22-17(21)14-8-12-6-4-5-7-13(12)10-19(14)16(20)15-18-9-11(2)23-15/h5-8,11,16H,2,4,9-10H2,1,3H3;4-7,9,15H,2-3,8,10H2,1H3;4-7,9,14H,3,8,10H2,1-2H3;4-7,10,13H,3,8-9H2,1-2H3;4-7,10,14H,3,8-9H2,1-2H3;4-7,9,14H,3,8,10H2,1-2H3. The van der Waals surface area contributed by atoms with Gasteiger partial charge < -0.3 is 57.8 Å². The van der Waals surface area contributed by atoms with Gasteiger partial charge in [0, 0.05) is 127 Å². The summed E-state index contributed by atoms with van der Waals surface area (Å²) in [7, 11) is 5.03. The van der Waals surface area contributed by atoms with Gasteiger partial charge in [0.05, 0.1) is 86.8 Å². The van der Waals surface area contributed by atoms with Gasteiger partial charge in [-0.3, -0.25) is 43.3 Å². The van der Waals surface area contributed by atoms with Gasteiger partial charge in [0.1, 0.15) is 53.8 Å². The van der Waals surface area contributed by atoms with Crippen molar-refractivity contribution in [2.75, 3.05) is 39.6 Å². The third-order valence-electron chi connectivity index (χ3n) is 24.3. The molecule has 0 saturated heterocycles. The number of fused-ring (bicyclic) bond motifs is 6. The Morgan fingerprint density at radius 2 is 0.748 bits per heavy atom. The number of hydrogen-bond donors (Lipinski definition) is 0. The highest BCUT2D eigenvalue weighted by Crippen LogP contribution is 2.39. The maximum Gasteiger partial charge on any atom is 0.329 e. The minimum Gasteiger partial charge on any atom is -0.464 e. The molecule has 0 spiro atoms. The number of carbonyl (C=O) groups excluding carboxylic acids is 10. The molecule has 0 radical (unpaired) electrons. The number of aromatic nitrogens is 9. The first-order chi connectivity index (χ1) is 68.8. The van der Waals surface area contributed by atoms with Gasteiger partial charge in [0.25, 0.3) is 23.6 Å². The summed E-state index contributed by atoms with van der Waals surface area (Å²) in [6, 6.07) is 43.9. The first kappa shape index (κ1) is 107. The Balaban J connectivity index is 0.000000144. The van der Waals surface area contributed by atoms with Gasteiger partial charge >= 0.3 is 41.5 Å². The molecule has 6 aromatic carbocycles. The molecule has 6 atom stereocenters. The minimum atomic E-state index is -0.848. The summed E-state index contributed by atoms with van der Waals surface area (Å²) >= 11 is 18.5. The molecule has 6 aromatic heterocycles. The normalized spacial score (nSPS) is 16.6. The van der Waals surface area contributed by atoms with Gasteiger partial charge in [-0.2, -0.15) is 19.7 Å². The van der Waals surface area contributed by atoms with Crippen molar-refractivity contribution >= 4 is 157 Å². The molecular formula is C103H109Cl2IN16O18S3. The number of rotatable bonds is 21. The number of esters is 6. The van der Waals surface area contributed by atoms with Gasteiger partial charge in [0.15, 0.2) is 10.0 Å². The van der Waals surface area contributed by atoms with Crippen LogP contribution in [0.15, 0.2) is 195 Å². The SMILES string of the molecule is C=C(c1nn(C)cc1Cl)N1Cc2ccccc2CC1C(=O)OCC.C=C(c1sncc1Cl)N1Cc2ccccc2CC1C(=O)OCC.CCOC(=O)C1Cc2ccccc2CN1C(=O)c1c(I)cnn1C.CCOC(=O)C1Cc2ccccc2CN1C(=O)c1nc(C)cs1.CCOC(=O)C1Cc2ccccc2CN1C(=O)c1ncc(C)s1.CCOC(=O)C1Cc2ccccc2CN1C(=O)c1nn(C)cc1[N+](=O)[O-]. The zero-order valence-electron chi connectivity index (χ0n) is 80.8. The maximum atomic E-state index is 13.1. The third-order valence-corrected chi connectivity index (χ3v) is 28.5. The lowest BCUT2D eigenvalue weighted by Crippen LogP contribution is -2.49. The number of nitro groups is 1. The van der Waals surface area contributed by atoms with Crippen LogP contribution in [0.3, 0.4) is 0 Å². The van der Waals surface area contributed by atoms with Crippen molar-refractivity contribution in [3.05, 3.63) is 328 Å². The minimum absolute atomic E-state index is 0.159. The Kier molecular flexibility index (Phi) is 36.8. The highest BCUT2D eigenvalue weighted by molar-refractivity contribution is 14.1. The number of aryl methyl sites for hydroxylation is 5. The van der Waals surface area contributed by atoms with E-state index < -0.39 is 53.1 Å². The smallest absolute Gasteiger partial charge is 0.329 e. The van der Waals surface area contributed by atoms with Crippen LogP contribution in [0.5, 0.6) is 0 Å². The van der Waals surface area contributed by atoms with E-state index in [1.54, 1.807) is 90.6 Å². The summed E-state index contributed by atoms with van der Waals surface area (Å²) < 4.78 is 40.4. The molecule has 0 bridgehead atoms. The molecule has 40 heteroatoms. The summed E-state index contributed by atoms with van der Waals surface area (Å²) in [5, 5.41) is 27.4. The van der Waals surface area contributed by atoms with Gasteiger partial charge in [0.2, 0.25) is 5.69 Å². The van der Waals surface area contributed by atoms with E-state index >= 15 is 0 Å². The molecule has 748 valence electrons. The molecule has 0 saturated carbocycles. The van der Waals surface area contributed by atoms with E-state index in [2.05, 4.69) is 89.7 Å². The van der Waals surface area contributed by atoms with Crippen molar-refractivity contribution in [2.24, 2.45) is 21.1 Å². The molecule has 0 aliphatic carbocycles. The predicted octanol–water partition coefficient (Wildman–Crippen LogP) is 15.6. The number of ether oxygens (including phenoxy) is 6. The van der Waals surface area contributed by atoms with Crippen molar-refractivity contribution in [3.8, 4) is 0 Å². The molecule has 4 amide bonds. The Bertz CT molecular complexity index is 6560. The number of halogens is 3. The lowest BCUT2D eigenvalue weighted by Gasteiger charge is -2.37. The summed E-state index contributed by atoms with van der Waals surface area (Å²) in [4.78, 5) is 157. The molecule has 12 aromatic rings. The number of nitrogens with zero attached hydrogens (tertiary/aromatic N) is 16. The van der Waals surface area contributed by atoms with Crippen LogP contribution in [0.4, 0.5) is 5.69 Å². The van der Waals surface area contributed by atoms with Crippen LogP contribution in [-0.4, -0.2) is 213 Å². The molecule has 0 N–H and O–H groups in total. The quantitative estimate of drug-likeness (QED) is 0.0212. The van der Waals surface area contributed by atoms with E-state index in [9.17, 15) is 58.1 Å². The summed E-state index contributed by atoms with van der Waals surface area (Å²) in [6.45, 7) is 27.0. The fourth-order valence-electron chi connectivity index (χ4n) is 17.4. The second-order valence-corrected chi connectivity index (χ2v) is 38.5. The third kappa shape index (κ3) is 25.5. The summed E-state index contributed by atoms with van der Waals surface area (Å²) in [6.07, 6.45) is 10.7. The van der Waals surface area contributed by atoms with E-state index in [1.165, 1.54) is 73.7 Å². The van der Waals surface area contributed by atoms with Gasteiger partial charge in [-0.1, -0.05) is 182 Å². The fourth-order valence-corrected chi connectivity index (χ4v) is 20.8.